The summed E-state index contributed by atoms with van der Waals surface area (Å²) in [6.45, 7) is 6.06. The second kappa shape index (κ2) is 5.41. The van der Waals surface area contributed by atoms with E-state index in [1.54, 1.807) is 0 Å². The highest BCUT2D eigenvalue weighted by Gasteiger charge is 2.20. The zero-order valence-electron chi connectivity index (χ0n) is 12.8. The maximum Gasteiger partial charge on any atom is 0.141 e. The molecule has 1 atom stereocenters. The van der Waals surface area contributed by atoms with Crippen LogP contribution in [0.2, 0.25) is 0 Å². The summed E-state index contributed by atoms with van der Waals surface area (Å²) in [5.74, 6) is 0.824. The number of rotatable bonds is 3. The van der Waals surface area contributed by atoms with E-state index in [9.17, 15) is 0 Å². The van der Waals surface area contributed by atoms with Crippen molar-refractivity contribution in [3.8, 4) is 11.1 Å². The third-order valence-electron chi connectivity index (χ3n) is 4.12. The lowest BCUT2D eigenvalue weighted by Gasteiger charge is -2.16. The number of nitrogens with two attached hydrogens (primary N) is 1. The summed E-state index contributed by atoms with van der Waals surface area (Å²) >= 11 is 0. The molecule has 0 amide bonds. The number of nitrogens with one attached hydrogen (secondary N) is 1. The zero-order valence-corrected chi connectivity index (χ0v) is 12.8. The number of nitrogen functional groups attached to an aromatic ring is 1. The Kier molecular flexibility index (Phi) is 3.59. The zero-order chi connectivity index (χ0) is 15.0. The van der Waals surface area contributed by atoms with Crippen LogP contribution in [0.4, 0.5) is 11.4 Å². The second-order valence-electron chi connectivity index (χ2n) is 5.89. The average Bonchev–Trinajstić information content (AvgIpc) is 2.99. The summed E-state index contributed by atoms with van der Waals surface area (Å²) < 4.78 is 5.23. The molecule has 1 fully saturated rings. The summed E-state index contributed by atoms with van der Waals surface area (Å²) in [4.78, 5) is 2.33. The lowest BCUT2D eigenvalue weighted by Crippen LogP contribution is -2.23. The molecule has 1 saturated heterocycles. The number of benzene rings is 1. The molecule has 0 spiro atoms. The lowest BCUT2D eigenvalue weighted by atomic mass is 10.0. The van der Waals surface area contributed by atoms with Crippen LogP contribution in [0.25, 0.3) is 11.1 Å². The van der Waals surface area contributed by atoms with E-state index in [0.717, 1.165) is 53.5 Å². The molecule has 21 heavy (non-hydrogen) atoms. The van der Waals surface area contributed by atoms with Crippen molar-refractivity contribution in [1.29, 1.82) is 0 Å². The Balaban J connectivity index is 1.83. The first-order valence-corrected chi connectivity index (χ1v) is 7.32. The van der Waals surface area contributed by atoms with Crippen LogP contribution >= 0.6 is 0 Å². The largest absolute Gasteiger partial charge is 0.397 e. The first kappa shape index (κ1) is 13.9. The maximum atomic E-state index is 6.21. The normalized spacial score (nSPS) is 19.1. The highest BCUT2D eigenvalue weighted by atomic mass is 16.5. The maximum absolute atomic E-state index is 6.21. The van der Waals surface area contributed by atoms with Crippen LogP contribution in [-0.4, -0.2) is 36.2 Å². The van der Waals surface area contributed by atoms with E-state index >= 15 is 0 Å². The van der Waals surface area contributed by atoms with E-state index in [4.69, 9.17) is 10.3 Å². The van der Waals surface area contributed by atoms with Crippen LogP contribution < -0.4 is 11.1 Å². The minimum absolute atomic E-state index is 0.474. The van der Waals surface area contributed by atoms with Gasteiger partial charge in [0.25, 0.3) is 0 Å². The van der Waals surface area contributed by atoms with Crippen LogP contribution in [0, 0.1) is 13.8 Å². The van der Waals surface area contributed by atoms with Gasteiger partial charge in [0.2, 0.25) is 0 Å². The minimum Gasteiger partial charge on any atom is -0.397 e. The number of aryl methyl sites for hydroxylation is 2. The molecule has 5 nitrogen and oxygen atoms in total. The Labute approximate surface area is 125 Å². The van der Waals surface area contributed by atoms with Gasteiger partial charge in [-0.25, -0.2) is 0 Å². The molecule has 5 heteroatoms. The first-order valence-electron chi connectivity index (χ1n) is 7.32. The Morgan fingerprint density at radius 3 is 2.76 bits per heavy atom. The quantitative estimate of drug-likeness (QED) is 0.849. The van der Waals surface area contributed by atoms with Crippen molar-refractivity contribution in [1.82, 2.24) is 10.1 Å². The van der Waals surface area contributed by atoms with Gasteiger partial charge < -0.3 is 20.5 Å². The molecule has 0 radical (unpaired) electrons. The van der Waals surface area contributed by atoms with Gasteiger partial charge in [-0.05, 0) is 51.6 Å². The van der Waals surface area contributed by atoms with E-state index in [-0.39, 0.29) is 0 Å². The van der Waals surface area contributed by atoms with E-state index in [1.807, 2.05) is 19.9 Å². The van der Waals surface area contributed by atoms with Crippen LogP contribution in [0.15, 0.2) is 22.7 Å². The molecule has 112 valence electrons. The van der Waals surface area contributed by atoms with E-state index in [0.29, 0.717) is 6.04 Å². The molecule has 0 unspecified atom stereocenters. The van der Waals surface area contributed by atoms with Gasteiger partial charge in [0.15, 0.2) is 0 Å². The van der Waals surface area contributed by atoms with Crippen molar-refractivity contribution in [3.63, 3.8) is 0 Å². The van der Waals surface area contributed by atoms with Gasteiger partial charge in [0, 0.05) is 18.2 Å². The molecule has 2 aromatic rings. The van der Waals surface area contributed by atoms with Gasteiger partial charge >= 0.3 is 0 Å². The number of aromatic nitrogens is 1. The third kappa shape index (κ3) is 2.74. The van der Waals surface area contributed by atoms with Gasteiger partial charge in [-0.1, -0.05) is 11.2 Å². The lowest BCUT2D eigenvalue weighted by molar-refractivity contribution is 0.393. The molecule has 2 heterocycles. The number of anilines is 2. The summed E-state index contributed by atoms with van der Waals surface area (Å²) in [6, 6.07) is 6.59. The summed E-state index contributed by atoms with van der Waals surface area (Å²) in [6.07, 6.45) is 1.15. The Morgan fingerprint density at radius 2 is 2.19 bits per heavy atom. The van der Waals surface area contributed by atoms with Gasteiger partial charge in [-0.15, -0.1) is 0 Å². The minimum atomic E-state index is 0.474. The summed E-state index contributed by atoms with van der Waals surface area (Å²) in [7, 11) is 2.14. The molecule has 1 aromatic heterocycles. The number of likely N-dealkylation sites (N-methyl/N-ethyl adjacent to an activating group) is 1. The van der Waals surface area contributed by atoms with E-state index in [2.05, 4.69) is 34.6 Å². The Bertz CT molecular complexity index is 630. The van der Waals surface area contributed by atoms with Gasteiger partial charge in [0.1, 0.15) is 5.76 Å². The standard InChI is InChI=1S/C16H22N4O/c1-10-16(11(2)21-19-10)12-4-5-15(14(17)8-12)18-13-6-7-20(3)9-13/h4-5,8,13,18H,6-7,9,17H2,1-3H3/t13-/m0/s1. The number of nitrogens with zero attached hydrogens (tertiary/aromatic N) is 2. The van der Waals surface area contributed by atoms with Crippen molar-refractivity contribution >= 4 is 11.4 Å². The molecule has 0 saturated carbocycles. The van der Waals surface area contributed by atoms with E-state index < -0.39 is 0 Å². The van der Waals surface area contributed by atoms with Crippen molar-refractivity contribution in [2.45, 2.75) is 26.3 Å². The predicted octanol–water partition coefficient (Wildman–Crippen LogP) is 2.66. The predicted molar refractivity (Wildman–Crippen MR) is 85.4 cm³/mol. The number of hydrogen-bond donors (Lipinski definition) is 2. The third-order valence-corrected chi connectivity index (χ3v) is 4.12. The Morgan fingerprint density at radius 1 is 1.38 bits per heavy atom. The van der Waals surface area contributed by atoms with Crippen LogP contribution in [-0.2, 0) is 0 Å². The fraction of sp³-hybridized carbons (Fsp3) is 0.438. The molecule has 1 aromatic carbocycles. The van der Waals surface area contributed by atoms with Gasteiger partial charge in [-0.3, -0.25) is 0 Å². The van der Waals surface area contributed by atoms with Crippen LogP contribution in [0.1, 0.15) is 17.9 Å². The molecule has 3 rings (SSSR count). The second-order valence-corrected chi connectivity index (χ2v) is 5.89. The van der Waals surface area contributed by atoms with Gasteiger partial charge in [0.05, 0.1) is 17.1 Å². The van der Waals surface area contributed by atoms with Gasteiger partial charge in [-0.2, -0.15) is 0 Å². The summed E-state index contributed by atoms with van der Waals surface area (Å²) in [5.41, 5.74) is 11.0. The van der Waals surface area contributed by atoms with Crippen molar-refractivity contribution in [2.75, 3.05) is 31.2 Å². The highest BCUT2D eigenvalue weighted by Crippen LogP contribution is 2.31. The van der Waals surface area contributed by atoms with Crippen LogP contribution in [0.5, 0.6) is 0 Å². The smallest absolute Gasteiger partial charge is 0.141 e. The van der Waals surface area contributed by atoms with Crippen molar-refractivity contribution in [3.05, 3.63) is 29.7 Å². The van der Waals surface area contributed by atoms with E-state index in [1.165, 1.54) is 0 Å². The SMILES string of the molecule is Cc1noc(C)c1-c1ccc(N[C@H]2CCN(C)C2)c(N)c1. The summed E-state index contributed by atoms with van der Waals surface area (Å²) in [5, 5.41) is 7.53. The molecular formula is C16H22N4O. The first-order chi connectivity index (χ1) is 10.0. The highest BCUT2D eigenvalue weighted by molar-refractivity contribution is 5.77. The average molecular weight is 286 g/mol. The van der Waals surface area contributed by atoms with Crippen molar-refractivity contribution < 1.29 is 4.52 Å². The number of hydrogen-bond acceptors (Lipinski definition) is 5. The van der Waals surface area contributed by atoms with Crippen LogP contribution in [0.3, 0.4) is 0 Å². The Hall–Kier alpha value is -2.01. The molecule has 1 aliphatic rings. The molecule has 3 N–H and O–H groups in total. The fourth-order valence-corrected chi connectivity index (χ4v) is 3.02. The number of likely N-dealkylation sites (tertiary alicyclic amines) is 1. The monoisotopic (exact) mass is 286 g/mol. The fourth-order valence-electron chi connectivity index (χ4n) is 3.02. The topological polar surface area (TPSA) is 67.3 Å². The van der Waals surface area contributed by atoms with Crippen molar-refractivity contribution in [2.24, 2.45) is 0 Å². The molecule has 0 bridgehead atoms. The molecule has 0 aliphatic carbocycles. The molecular weight excluding hydrogens is 264 g/mol. The molecule has 1 aliphatic heterocycles.